The first-order chi connectivity index (χ1) is 14.1. The van der Waals surface area contributed by atoms with E-state index in [0.717, 1.165) is 30.0 Å². The van der Waals surface area contributed by atoms with Gasteiger partial charge in [-0.15, -0.1) is 0 Å². The third-order valence-corrected chi connectivity index (χ3v) is 4.63. The lowest BCUT2D eigenvalue weighted by Gasteiger charge is -2.21. The minimum absolute atomic E-state index is 0.223. The minimum atomic E-state index is -0.223. The summed E-state index contributed by atoms with van der Waals surface area (Å²) in [7, 11) is 0. The van der Waals surface area contributed by atoms with Crippen LogP contribution in [-0.4, -0.2) is 29.0 Å². The van der Waals surface area contributed by atoms with Crippen LogP contribution in [0.4, 0.5) is 17.3 Å². The molecular formula is C23H27N5O. The van der Waals surface area contributed by atoms with E-state index in [1.807, 2.05) is 49.4 Å². The van der Waals surface area contributed by atoms with E-state index in [2.05, 4.69) is 51.5 Å². The molecule has 0 aliphatic carbocycles. The highest BCUT2D eigenvalue weighted by Gasteiger charge is 2.11. The van der Waals surface area contributed by atoms with E-state index in [9.17, 15) is 4.79 Å². The normalized spacial score (nSPS) is 10.4. The topological polar surface area (TPSA) is 70.2 Å². The van der Waals surface area contributed by atoms with Gasteiger partial charge >= 0.3 is 0 Å². The highest BCUT2D eigenvalue weighted by molar-refractivity contribution is 5.92. The largest absolute Gasteiger partial charge is 0.372 e. The Balaban J connectivity index is 1.69. The second kappa shape index (κ2) is 9.68. The van der Waals surface area contributed by atoms with Crippen molar-refractivity contribution in [3.05, 3.63) is 77.6 Å². The Morgan fingerprint density at radius 3 is 2.31 bits per heavy atom. The van der Waals surface area contributed by atoms with E-state index in [4.69, 9.17) is 0 Å². The van der Waals surface area contributed by atoms with Crippen LogP contribution < -0.4 is 15.5 Å². The van der Waals surface area contributed by atoms with Crippen molar-refractivity contribution in [1.82, 2.24) is 15.3 Å². The van der Waals surface area contributed by atoms with Gasteiger partial charge in [-0.1, -0.05) is 30.3 Å². The summed E-state index contributed by atoms with van der Waals surface area (Å²) in [5.74, 6) is 0.185. The summed E-state index contributed by atoms with van der Waals surface area (Å²) in [6.45, 7) is 8.52. The molecule has 0 unspecified atom stereocenters. The third-order valence-electron chi connectivity index (χ3n) is 4.63. The van der Waals surface area contributed by atoms with Gasteiger partial charge in [0.15, 0.2) is 0 Å². The van der Waals surface area contributed by atoms with Gasteiger partial charge in [-0.3, -0.25) is 4.79 Å². The molecule has 0 spiro atoms. The van der Waals surface area contributed by atoms with E-state index < -0.39 is 0 Å². The van der Waals surface area contributed by atoms with Crippen LogP contribution in [0.15, 0.2) is 60.7 Å². The molecule has 0 bridgehead atoms. The number of anilines is 3. The van der Waals surface area contributed by atoms with Crippen LogP contribution in [0.25, 0.3) is 0 Å². The Bertz CT molecular complexity index is 937. The summed E-state index contributed by atoms with van der Waals surface area (Å²) < 4.78 is 0. The van der Waals surface area contributed by atoms with Crippen LogP contribution in [0.2, 0.25) is 0 Å². The van der Waals surface area contributed by atoms with E-state index in [1.54, 1.807) is 6.07 Å². The maximum Gasteiger partial charge on any atom is 0.270 e. The number of carbonyl (C=O) groups excluding carboxylic acids is 1. The van der Waals surface area contributed by atoms with Gasteiger partial charge in [0.1, 0.15) is 5.69 Å². The Morgan fingerprint density at radius 1 is 0.966 bits per heavy atom. The lowest BCUT2D eigenvalue weighted by Crippen LogP contribution is -2.24. The van der Waals surface area contributed by atoms with Crippen LogP contribution in [0, 0.1) is 6.92 Å². The molecule has 0 aliphatic rings. The number of carbonyl (C=O) groups is 1. The number of nitrogens with one attached hydrogen (secondary N) is 2. The van der Waals surface area contributed by atoms with E-state index in [-0.39, 0.29) is 5.91 Å². The van der Waals surface area contributed by atoms with Gasteiger partial charge in [0, 0.05) is 36.7 Å². The molecule has 3 rings (SSSR count). The molecule has 0 atom stereocenters. The number of amides is 1. The molecule has 0 saturated carbocycles. The van der Waals surface area contributed by atoms with Gasteiger partial charge in [-0.2, -0.15) is 0 Å². The maximum absolute atomic E-state index is 12.5. The molecule has 0 radical (unpaired) electrons. The van der Waals surface area contributed by atoms with Crippen molar-refractivity contribution in [3.8, 4) is 0 Å². The first kappa shape index (κ1) is 20.3. The molecule has 0 saturated heterocycles. The van der Waals surface area contributed by atoms with Gasteiger partial charge in [0.25, 0.3) is 5.91 Å². The predicted octanol–water partition coefficient (Wildman–Crippen LogP) is 4.30. The number of nitrogens with zero attached hydrogens (tertiary/aromatic N) is 3. The molecule has 2 aromatic carbocycles. The predicted molar refractivity (Wildman–Crippen MR) is 118 cm³/mol. The third kappa shape index (κ3) is 5.54. The molecule has 1 heterocycles. The number of benzene rings is 2. The second-order valence-electron chi connectivity index (χ2n) is 6.73. The molecule has 2 N–H and O–H groups in total. The highest BCUT2D eigenvalue weighted by Crippen LogP contribution is 2.20. The molecular weight excluding hydrogens is 362 g/mol. The van der Waals surface area contributed by atoms with Crippen LogP contribution >= 0.6 is 0 Å². The van der Waals surface area contributed by atoms with E-state index in [1.165, 1.54) is 5.69 Å². The molecule has 1 aromatic heterocycles. The summed E-state index contributed by atoms with van der Waals surface area (Å²) in [4.78, 5) is 23.6. The van der Waals surface area contributed by atoms with Crippen LogP contribution in [0.5, 0.6) is 0 Å². The number of rotatable bonds is 8. The number of aromatic nitrogens is 2. The van der Waals surface area contributed by atoms with Crippen molar-refractivity contribution in [2.45, 2.75) is 27.3 Å². The van der Waals surface area contributed by atoms with Crippen LogP contribution in [-0.2, 0) is 6.54 Å². The average molecular weight is 390 g/mol. The quantitative estimate of drug-likeness (QED) is 0.601. The molecule has 1 amide bonds. The van der Waals surface area contributed by atoms with Crippen molar-refractivity contribution in [2.24, 2.45) is 0 Å². The Labute approximate surface area is 172 Å². The maximum atomic E-state index is 12.5. The SMILES string of the molecule is CCN(CC)c1ccc(Nc2nc(C)cc(C(=O)NCc3ccccc3)n2)cc1. The summed E-state index contributed by atoms with van der Waals surface area (Å²) in [6, 6.07) is 19.6. The fraction of sp³-hybridized carbons (Fsp3) is 0.261. The van der Waals surface area contributed by atoms with Crippen molar-refractivity contribution in [3.63, 3.8) is 0 Å². The molecule has 6 nitrogen and oxygen atoms in total. The smallest absolute Gasteiger partial charge is 0.270 e. The summed E-state index contributed by atoms with van der Waals surface area (Å²) >= 11 is 0. The van der Waals surface area contributed by atoms with E-state index >= 15 is 0 Å². The Kier molecular flexibility index (Phi) is 6.79. The number of hydrogen-bond donors (Lipinski definition) is 2. The molecule has 29 heavy (non-hydrogen) atoms. The molecule has 150 valence electrons. The number of aryl methyl sites for hydroxylation is 1. The molecule has 3 aromatic rings. The Morgan fingerprint density at radius 2 is 1.66 bits per heavy atom. The number of hydrogen-bond acceptors (Lipinski definition) is 5. The summed E-state index contributed by atoms with van der Waals surface area (Å²) in [5.41, 5.74) is 4.16. The average Bonchev–Trinajstić information content (AvgIpc) is 2.74. The lowest BCUT2D eigenvalue weighted by atomic mass is 10.2. The zero-order valence-electron chi connectivity index (χ0n) is 17.1. The summed E-state index contributed by atoms with van der Waals surface area (Å²) in [6.07, 6.45) is 0. The monoisotopic (exact) mass is 389 g/mol. The fourth-order valence-corrected chi connectivity index (χ4v) is 3.08. The standard InChI is InChI=1S/C23H27N5O/c1-4-28(5-2)20-13-11-19(12-14-20)26-23-25-17(3)15-21(27-23)22(29)24-16-18-9-7-6-8-10-18/h6-15H,4-5,16H2,1-3H3,(H,24,29)(H,25,26,27). The minimum Gasteiger partial charge on any atom is -0.372 e. The van der Waals surface area contributed by atoms with Gasteiger partial charge in [-0.25, -0.2) is 9.97 Å². The van der Waals surface area contributed by atoms with Crippen molar-refractivity contribution < 1.29 is 4.79 Å². The first-order valence-electron chi connectivity index (χ1n) is 9.89. The van der Waals surface area contributed by atoms with Crippen LogP contribution in [0.3, 0.4) is 0 Å². The second-order valence-corrected chi connectivity index (χ2v) is 6.73. The van der Waals surface area contributed by atoms with Crippen molar-refractivity contribution in [2.75, 3.05) is 23.3 Å². The lowest BCUT2D eigenvalue weighted by molar-refractivity contribution is 0.0945. The highest BCUT2D eigenvalue weighted by atomic mass is 16.1. The first-order valence-corrected chi connectivity index (χ1v) is 9.89. The van der Waals surface area contributed by atoms with Crippen molar-refractivity contribution in [1.29, 1.82) is 0 Å². The van der Waals surface area contributed by atoms with Crippen LogP contribution in [0.1, 0.15) is 35.6 Å². The fourth-order valence-electron chi connectivity index (χ4n) is 3.08. The molecule has 6 heteroatoms. The Hall–Kier alpha value is -3.41. The molecule has 0 aliphatic heterocycles. The van der Waals surface area contributed by atoms with Gasteiger partial charge in [0.05, 0.1) is 0 Å². The summed E-state index contributed by atoms with van der Waals surface area (Å²) in [5, 5.41) is 6.10. The van der Waals surface area contributed by atoms with Gasteiger partial charge in [-0.05, 0) is 56.7 Å². The molecule has 0 fully saturated rings. The zero-order chi connectivity index (χ0) is 20.6. The van der Waals surface area contributed by atoms with Gasteiger partial charge in [0.2, 0.25) is 5.95 Å². The van der Waals surface area contributed by atoms with E-state index in [0.29, 0.717) is 18.2 Å². The van der Waals surface area contributed by atoms with Crippen molar-refractivity contribution >= 4 is 23.2 Å². The zero-order valence-corrected chi connectivity index (χ0v) is 17.1. The van der Waals surface area contributed by atoms with Gasteiger partial charge < -0.3 is 15.5 Å².